The van der Waals surface area contributed by atoms with Crippen LogP contribution in [0.15, 0.2) is 220 Å². The highest BCUT2D eigenvalue weighted by Gasteiger charge is 2.31. The molecule has 10 aromatic rings. The molecule has 1 amide bonds. The van der Waals surface area contributed by atoms with Crippen molar-refractivity contribution in [2.24, 2.45) is 0 Å². The third kappa shape index (κ3) is 13.9. The number of hydrogen-bond donors (Lipinski definition) is 4. The van der Waals surface area contributed by atoms with Crippen molar-refractivity contribution in [2.75, 3.05) is 21.7 Å². The molecule has 0 unspecified atom stereocenters. The molecule has 0 saturated heterocycles. The quantitative estimate of drug-likeness (QED) is 0.0430. The molecule has 0 aliphatic heterocycles. The van der Waals surface area contributed by atoms with Gasteiger partial charge in [0.05, 0.1) is 22.2 Å². The SMILES string of the molecule is C=CC(=O)Cl.C=CC(=O)Nc1cccc(-c2cc(-c3cccc(Nc4cccc(C(F)(F)F)c4)c3)cc3cncnc23)c1.Nc1cccc(-c2cc(-c3cccc(Nc4cccc(C(F)(F)F)c4)c3)cc3cncnc23)c1. The highest BCUT2D eigenvalue weighted by molar-refractivity contribution is 6.66. The van der Waals surface area contributed by atoms with E-state index in [1.54, 1.807) is 36.7 Å². The molecule has 77 heavy (non-hydrogen) atoms. The summed E-state index contributed by atoms with van der Waals surface area (Å²) in [6.07, 6.45) is -0.0989. The van der Waals surface area contributed by atoms with Gasteiger partial charge in [-0.2, -0.15) is 26.3 Å². The summed E-state index contributed by atoms with van der Waals surface area (Å²) in [4.78, 5) is 38.5. The first-order valence-electron chi connectivity index (χ1n) is 23.2. The molecule has 384 valence electrons. The van der Waals surface area contributed by atoms with Gasteiger partial charge in [-0.05, 0) is 166 Å². The number of nitrogens with two attached hydrogens (primary N) is 1. The summed E-state index contributed by atoms with van der Waals surface area (Å²) in [5, 5.41) is 10.1. The Kier molecular flexibility index (Phi) is 16.5. The summed E-state index contributed by atoms with van der Waals surface area (Å²) in [6.45, 7) is 6.57. The Morgan fingerprint density at radius 2 is 0.870 bits per heavy atom. The van der Waals surface area contributed by atoms with E-state index in [1.807, 2.05) is 109 Å². The van der Waals surface area contributed by atoms with Gasteiger partial charge in [-0.1, -0.05) is 73.8 Å². The Labute approximate surface area is 442 Å². The second kappa shape index (κ2) is 23.7. The summed E-state index contributed by atoms with van der Waals surface area (Å²) < 4.78 is 78.6. The number of nitrogen functional groups attached to an aromatic ring is 1. The minimum absolute atomic E-state index is 0.312. The Morgan fingerprint density at radius 1 is 0.481 bits per heavy atom. The average Bonchev–Trinajstić information content (AvgIpc) is 3.43. The van der Waals surface area contributed by atoms with Crippen LogP contribution in [0.4, 0.5) is 60.5 Å². The van der Waals surface area contributed by atoms with Gasteiger partial charge in [-0.3, -0.25) is 9.59 Å². The maximum Gasteiger partial charge on any atom is 0.416 e. The molecule has 2 heterocycles. The Bertz CT molecular complexity index is 3810. The molecule has 0 atom stereocenters. The van der Waals surface area contributed by atoms with E-state index in [4.69, 9.17) is 17.3 Å². The standard InChI is InChI=1S/C30H21F3N4O.C27H19F3N4.C3H3ClO/c1-2-28(38)37-25-10-4-7-20(14-25)27-15-21(12-22-17-34-18-35-29(22)27)19-6-3-9-24(13-19)36-26-11-5-8-23(16-26)30(31,32)33;28-27(29,30)21-6-3-9-24(14-21)34-23-8-2-4-17(12-23)19-10-20-15-32-16-33-26(20)25(13-19)18-5-1-7-22(31)11-18;1-2-3(4)5/h2-18,36H,1H2,(H,37,38);1-16,34H,31H2;2H,1H2. The number of anilines is 6. The van der Waals surface area contributed by atoms with Crippen molar-refractivity contribution in [2.45, 2.75) is 12.4 Å². The normalized spacial score (nSPS) is 11.1. The topological polar surface area (TPSA) is 148 Å². The zero-order valence-corrected chi connectivity index (χ0v) is 41.1. The van der Waals surface area contributed by atoms with Crippen LogP contribution in [0.25, 0.3) is 66.3 Å². The molecule has 0 bridgehead atoms. The number of aromatic nitrogens is 4. The van der Waals surface area contributed by atoms with E-state index >= 15 is 0 Å². The van der Waals surface area contributed by atoms with Gasteiger partial charge in [-0.15, -0.1) is 0 Å². The third-order valence-electron chi connectivity index (χ3n) is 11.5. The van der Waals surface area contributed by atoms with Gasteiger partial charge in [0.15, 0.2) is 0 Å². The lowest BCUT2D eigenvalue weighted by Crippen LogP contribution is -2.07. The number of hydrogen-bond acceptors (Lipinski definition) is 9. The van der Waals surface area contributed by atoms with Crippen molar-refractivity contribution in [3.63, 3.8) is 0 Å². The number of halogens is 7. The Hall–Kier alpha value is -9.67. The molecule has 0 saturated carbocycles. The number of allylic oxidation sites excluding steroid dienone is 1. The number of carbonyl (C=O) groups excluding carboxylic acids is 2. The first kappa shape index (κ1) is 53.6. The number of benzene rings is 8. The first-order valence-corrected chi connectivity index (χ1v) is 23.6. The van der Waals surface area contributed by atoms with E-state index in [-0.39, 0.29) is 5.91 Å². The van der Waals surface area contributed by atoms with E-state index in [2.05, 4.69) is 49.0 Å². The van der Waals surface area contributed by atoms with Crippen molar-refractivity contribution in [3.8, 4) is 44.5 Å². The van der Waals surface area contributed by atoms with Crippen LogP contribution in [0, 0.1) is 0 Å². The van der Waals surface area contributed by atoms with Crippen LogP contribution in [0.2, 0.25) is 0 Å². The first-order chi connectivity index (χ1) is 36.9. The van der Waals surface area contributed by atoms with Crippen LogP contribution < -0.4 is 21.7 Å². The van der Waals surface area contributed by atoms with Gasteiger partial charge in [0, 0.05) is 68.4 Å². The molecule has 0 aliphatic carbocycles. The van der Waals surface area contributed by atoms with Crippen LogP contribution in [-0.4, -0.2) is 31.1 Å². The monoisotopic (exact) mass is 1060 g/mol. The van der Waals surface area contributed by atoms with Crippen molar-refractivity contribution in [1.82, 2.24) is 19.9 Å². The maximum atomic E-state index is 13.1. The molecule has 0 spiro atoms. The lowest BCUT2D eigenvalue weighted by Gasteiger charge is -2.13. The summed E-state index contributed by atoms with van der Waals surface area (Å²) in [7, 11) is 0. The van der Waals surface area contributed by atoms with Crippen LogP contribution in [0.3, 0.4) is 0 Å². The molecule has 8 aromatic carbocycles. The molecule has 17 heteroatoms. The van der Waals surface area contributed by atoms with Crippen LogP contribution in [-0.2, 0) is 21.9 Å². The van der Waals surface area contributed by atoms with Gasteiger partial charge in [0.25, 0.3) is 0 Å². The highest BCUT2D eigenvalue weighted by atomic mass is 35.5. The fourth-order valence-corrected chi connectivity index (χ4v) is 8.08. The van der Waals surface area contributed by atoms with Crippen LogP contribution in [0.5, 0.6) is 0 Å². The van der Waals surface area contributed by atoms with Crippen molar-refractivity contribution in [3.05, 3.63) is 231 Å². The minimum Gasteiger partial charge on any atom is -0.399 e. The van der Waals surface area contributed by atoms with Crippen molar-refractivity contribution < 1.29 is 35.9 Å². The second-order valence-electron chi connectivity index (χ2n) is 16.9. The molecule has 10 rings (SSSR count). The van der Waals surface area contributed by atoms with Gasteiger partial charge >= 0.3 is 12.4 Å². The number of amides is 1. The number of carbonyl (C=O) groups is 2. The van der Waals surface area contributed by atoms with E-state index < -0.39 is 28.7 Å². The largest absolute Gasteiger partial charge is 0.416 e. The molecule has 10 nitrogen and oxygen atoms in total. The summed E-state index contributed by atoms with van der Waals surface area (Å²) in [6, 6.07) is 48.1. The number of fused-ring (bicyclic) bond motifs is 2. The van der Waals surface area contributed by atoms with Crippen molar-refractivity contribution >= 4 is 78.7 Å². The van der Waals surface area contributed by atoms with E-state index in [9.17, 15) is 35.9 Å². The smallest absolute Gasteiger partial charge is 0.399 e. The van der Waals surface area contributed by atoms with E-state index in [0.717, 1.165) is 96.7 Å². The molecule has 5 N–H and O–H groups in total. The van der Waals surface area contributed by atoms with Gasteiger partial charge in [-0.25, -0.2) is 19.9 Å². The molecular weight excluding hydrogens is 1010 g/mol. The molecule has 0 aliphatic rings. The average molecular weight is 1060 g/mol. The van der Waals surface area contributed by atoms with Crippen LogP contribution >= 0.6 is 11.6 Å². The summed E-state index contributed by atoms with van der Waals surface area (Å²) >= 11 is 4.71. The lowest BCUT2D eigenvalue weighted by molar-refractivity contribution is -0.138. The molecule has 0 fully saturated rings. The predicted octanol–water partition coefficient (Wildman–Crippen LogP) is 16.1. The number of rotatable bonds is 11. The zero-order valence-electron chi connectivity index (χ0n) is 40.4. The summed E-state index contributed by atoms with van der Waals surface area (Å²) in [5.41, 5.74) is 16.5. The highest BCUT2D eigenvalue weighted by Crippen LogP contribution is 2.38. The second-order valence-corrected chi connectivity index (χ2v) is 17.3. The predicted molar refractivity (Wildman–Crippen MR) is 295 cm³/mol. The maximum absolute atomic E-state index is 13.1. The number of alkyl halides is 6. The van der Waals surface area contributed by atoms with Crippen molar-refractivity contribution in [1.29, 1.82) is 0 Å². The fraction of sp³-hybridized carbons (Fsp3) is 0.0333. The molecule has 2 aromatic heterocycles. The fourth-order valence-electron chi connectivity index (χ4n) is 8.08. The Balaban J connectivity index is 0.000000188. The number of nitrogens with zero attached hydrogens (tertiary/aromatic N) is 4. The minimum atomic E-state index is -4.42. The molecule has 0 radical (unpaired) electrons. The summed E-state index contributed by atoms with van der Waals surface area (Å²) in [5.74, 6) is -0.312. The Morgan fingerprint density at radius 3 is 1.30 bits per heavy atom. The zero-order chi connectivity index (χ0) is 54.7. The van der Waals surface area contributed by atoms with Gasteiger partial charge in [0.1, 0.15) is 12.7 Å². The number of nitrogens with one attached hydrogen (secondary N) is 3. The third-order valence-corrected chi connectivity index (χ3v) is 11.7. The van der Waals surface area contributed by atoms with E-state index in [1.165, 1.54) is 30.9 Å². The van der Waals surface area contributed by atoms with Gasteiger partial charge in [0.2, 0.25) is 11.1 Å². The van der Waals surface area contributed by atoms with Crippen LogP contribution in [0.1, 0.15) is 11.1 Å². The van der Waals surface area contributed by atoms with E-state index in [0.29, 0.717) is 34.1 Å². The molecular formula is C60H43ClF6N8O2. The van der Waals surface area contributed by atoms with Gasteiger partial charge < -0.3 is 21.7 Å². The lowest BCUT2D eigenvalue weighted by atomic mass is 9.95.